The van der Waals surface area contributed by atoms with Gasteiger partial charge in [-0.1, -0.05) is 19.4 Å². The van der Waals surface area contributed by atoms with Crippen LogP contribution in [0.4, 0.5) is 10.5 Å². The fourth-order valence-electron chi connectivity index (χ4n) is 1.54. The number of carbonyl (C=O) groups excluding carboxylic acids is 1. The SMILES string of the molecule is CCCCNC(=O)Nc1ccc(C)c(S(N)(=O)=O)c1. The Bertz CT molecular complexity index is 555. The topological polar surface area (TPSA) is 101 Å². The first kappa shape index (κ1) is 15.5. The van der Waals surface area contributed by atoms with E-state index in [9.17, 15) is 13.2 Å². The van der Waals surface area contributed by atoms with Crippen molar-refractivity contribution in [2.24, 2.45) is 5.14 Å². The maximum atomic E-state index is 11.5. The molecular formula is C12H19N3O3S. The molecule has 7 heteroatoms. The third-order valence-corrected chi connectivity index (χ3v) is 3.62. The van der Waals surface area contributed by atoms with Gasteiger partial charge in [0, 0.05) is 12.2 Å². The maximum absolute atomic E-state index is 11.5. The molecule has 0 aliphatic carbocycles. The van der Waals surface area contributed by atoms with Crippen molar-refractivity contribution in [3.05, 3.63) is 23.8 Å². The Morgan fingerprint density at radius 2 is 2.05 bits per heavy atom. The molecule has 0 spiro atoms. The van der Waals surface area contributed by atoms with Crippen molar-refractivity contribution in [1.82, 2.24) is 5.32 Å². The van der Waals surface area contributed by atoms with Gasteiger partial charge in [0.2, 0.25) is 10.0 Å². The van der Waals surface area contributed by atoms with Gasteiger partial charge < -0.3 is 10.6 Å². The van der Waals surface area contributed by atoms with Crippen LogP contribution in [0.2, 0.25) is 0 Å². The molecule has 0 fully saturated rings. The average Bonchev–Trinajstić information content (AvgIpc) is 2.30. The highest BCUT2D eigenvalue weighted by Gasteiger charge is 2.12. The van der Waals surface area contributed by atoms with Crippen LogP contribution in [0.3, 0.4) is 0 Å². The fourth-order valence-corrected chi connectivity index (χ4v) is 2.35. The Labute approximate surface area is 113 Å². The minimum absolute atomic E-state index is 0.0128. The Morgan fingerprint density at radius 3 is 2.63 bits per heavy atom. The number of sulfonamides is 1. The van der Waals surface area contributed by atoms with Gasteiger partial charge in [-0.2, -0.15) is 0 Å². The van der Waals surface area contributed by atoms with E-state index in [2.05, 4.69) is 10.6 Å². The van der Waals surface area contributed by atoms with Crippen LogP contribution < -0.4 is 15.8 Å². The van der Waals surface area contributed by atoms with Crippen molar-refractivity contribution < 1.29 is 13.2 Å². The summed E-state index contributed by atoms with van der Waals surface area (Å²) < 4.78 is 22.7. The number of benzene rings is 1. The third kappa shape index (κ3) is 4.88. The van der Waals surface area contributed by atoms with Gasteiger partial charge in [0.25, 0.3) is 0 Å². The monoisotopic (exact) mass is 285 g/mol. The van der Waals surface area contributed by atoms with E-state index in [1.165, 1.54) is 6.07 Å². The van der Waals surface area contributed by atoms with E-state index in [0.29, 0.717) is 17.8 Å². The zero-order valence-electron chi connectivity index (χ0n) is 11.1. The Hall–Kier alpha value is -1.60. The number of rotatable bonds is 5. The number of anilines is 1. The van der Waals surface area contributed by atoms with Crippen LogP contribution in [0.25, 0.3) is 0 Å². The van der Waals surface area contributed by atoms with Crippen molar-refractivity contribution in [1.29, 1.82) is 0 Å². The number of unbranched alkanes of at least 4 members (excludes halogenated alkanes) is 1. The lowest BCUT2D eigenvalue weighted by Crippen LogP contribution is -2.29. The summed E-state index contributed by atoms with van der Waals surface area (Å²) in [6.07, 6.45) is 1.88. The Balaban J connectivity index is 2.78. The molecule has 0 unspecified atom stereocenters. The van der Waals surface area contributed by atoms with Crippen LogP contribution in [0.15, 0.2) is 23.1 Å². The van der Waals surface area contributed by atoms with E-state index in [1.54, 1.807) is 19.1 Å². The van der Waals surface area contributed by atoms with Gasteiger partial charge in [-0.25, -0.2) is 18.4 Å². The van der Waals surface area contributed by atoms with Crippen LogP contribution >= 0.6 is 0 Å². The van der Waals surface area contributed by atoms with Crippen molar-refractivity contribution >= 4 is 21.7 Å². The van der Waals surface area contributed by atoms with Crippen LogP contribution in [-0.4, -0.2) is 21.0 Å². The number of hydrogen-bond donors (Lipinski definition) is 3. The molecule has 0 saturated heterocycles. The van der Waals surface area contributed by atoms with Crippen molar-refractivity contribution in [2.75, 3.05) is 11.9 Å². The molecule has 4 N–H and O–H groups in total. The van der Waals surface area contributed by atoms with Crippen LogP contribution in [0, 0.1) is 6.92 Å². The summed E-state index contributed by atoms with van der Waals surface area (Å²) in [7, 11) is -3.78. The van der Waals surface area contributed by atoms with Crippen LogP contribution in [0.5, 0.6) is 0 Å². The number of nitrogens with two attached hydrogens (primary N) is 1. The highest BCUT2D eigenvalue weighted by molar-refractivity contribution is 7.89. The first-order valence-electron chi connectivity index (χ1n) is 6.03. The zero-order valence-corrected chi connectivity index (χ0v) is 11.9. The molecule has 0 heterocycles. The van der Waals surface area contributed by atoms with Gasteiger partial charge in [-0.3, -0.25) is 0 Å². The summed E-state index contributed by atoms with van der Waals surface area (Å²) in [5, 5.41) is 10.3. The lowest BCUT2D eigenvalue weighted by Gasteiger charge is -2.09. The molecule has 0 radical (unpaired) electrons. The van der Waals surface area contributed by atoms with E-state index in [4.69, 9.17) is 5.14 Å². The average molecular weight is 285 g/mol. The first-order valence-corrected chi connectivity index (χ1v) is 7.57. The standard InChI is InChI=1S/C12H19N3O3S/c1-3-4-7-14-12(16)15-10-6-5-9(2)11(8-10)19(13,17)18/h5-6,8H,3-4,7H2,1-2H3,(H2,13,17,18)(H2,14,15,16). The van der Waals surface area contributed by atoms with Gasteiger partial charge in [-0.15, -0.1) is 0 Å². The van der Waals surface area contributed by atoms with Crippen molar-refractivity contribution in [3.63, 3.8) is 0 Å². The smallest absolute Gasteiger partial charge is 0.319 e. The molecule has 1 aromatic carbocycles. The second-order valence-electron chi connectivity index (χ2n) is 4.26. The molecule has 19 heavy (non-hydrogen) atoms. The minimum atomic E-state index is -3.78. The van der Waals surface area contributed by atoms with Crippen molar-refractivity contribution in [3.8, 4) is 0 Å². The molecule has 6 nitrogen and oxygen atoms in total. The van der Waals surface area contributed by atoms with Crippen LogP contribution in [0.1, 0.15) is 25.3 Å². The molecule has 0 saturated carbocycles. The van der Waals surface area contributed by atoms with Gasteiger partial charge in [0.05, 0.1) is 4.90 Å². The molecule has 2 amide bonds. The molecular weight excluding hydrogens is 266 g/mol. The number of urea groups is 1. The van der Waals surface area contributed by atoms with E-state index in [0.717, 1.165) is 12.8 Å². The highest BCUT2D eigenvalue weighted by atomic mass is 32.2. The van der Waals surface area contributed by atoms with Crippen LogP contribution in [-0.2, 0) is 10.0 Å². The first-order chi connectivity index (χ1) is 8.84. The number of carbonyl (C=O) groups is 1. The Morgan fingerprint density at radius 1 is 1.37 bits per heavy atom. The van der Waals surface area contributed by atoms with Gasteiger partial charge in [0.15, 0.2) is 0 Å². The predicted octanol–water partition coefficient (Wildman–Crippen LogP) is 1.56. The molecule has 0 atom stereocenters. The fraction of sp³-hybridized carbons (Fsp3) is 0.417. The number of hydrogen-bond acceptors (Lipinski definition) is 3. The number of aryl methyl sites for hydroxylation is 1. The van der Waals surface area contributed by atoms with Crippen molar-refractivity contribution in [2.45, 2.75) is 31.6 Å². The summed E-state index contributed by atoms with van der Waals surface area (Å²) >= 11 is 0. The van der Waals surface area contributed by atoms with Gasteiger partial charge in [0.1, 0.15) is 0 Å². The predicted molar refractivity (Wildman–Crippen MR) is 74.5 cm³/mol. The number of nitrogens with one attached hydrogen (secondary N) is 2. The maximum Gasteiger partial charge on any atom is 0.319 e. The zero-order chi connectivity index (χ0) is 14.5. The van der Waals surface area contributed by atoms with E-state index in [-0.39, 0.29) is 10.9 Å². The lowest BCUT2D eigenvalue weighted by molar-refractivity contribution is 0.252. The summed E-state index contributed by atoms with van der Waals surface area (Å²) in [6, 6.07) is 4.21. The number of primary sulfonamides is 1. The lowest BCUT2D eigenvalue weighted by atomic mass is 10.2. The summed E-state index contributed by atoms with van der Waals surface area (Å²) in [4.78, 5) is 11.5. The molecule has 0 aliphatic rings. The molecule has 0 aliphatic heterocycles. The summed E-state index contributed by atoms with van der Waals surface area (Å²) in [5.74, 6) is 0. The summed E-state index contributed by atoms with van der Waals surface area (Å²) in [6.45, 7) is 4.25. The van der Waals surface area contributed by atoms with E-state index < -0.39 is 10.0 Å². The van der Waals surface area contributed by atoms with E-state index in [1.807, 2.05) is 6.92 Å². The third-order valence-electron chi connectivity index (χ3n) is 2.57. The molecule has 1 rings (SSSR count). The highest BCUT2D eigenvalue weighted by Crippen LogP contribution is 2.18. The Kier molecular flexibility index (Phi) is 5.31. The second-order valence-corrected chi connectivity index (χ2v) is 5.79. The largest absolute Gasteiger partial charge is 0.338 e. The molecule has 106 valence electrons. The second kappa shape index (κ2) is 6.53. The quantitative estimate of drug-likeness (QED) is 0.715. The van der Waals surface area contributed by atoms with Gasteiger partial charge in [-0.05, 0) is 31.0 Å². The molecule has 0 bridgehead atoms. The minimum Gasteiger partial charge on any atom is -0.338 e. The normalized spacial score (nSPS) is 11.1. The number of amides is 2. The van der Waals surface area contributed by atoms with Gasteiger partial charge >= 0.3 is 6.03 Å². The molecule has 1 aromatic rings. The molecule has 0 aromatic heterocycles. The van der Waals surface area contributed by atoms with E-state index >= 15 is 0 Å². The summed E-state index contributed by atoms with van der Waals surface area (Å²) in [5.41, 5.74) is 0.933.